The van der Waals surface area contributed by atoms with E-state index in [1.54, 1.807) is 13.8 Å². The van der Waals surface area contributed by atoms with Crippen LogP contribution in [0.1, 0.15) is 116 Å². The molecule has 6 nitrogen and oxygen atoms in total. The van der Waals surface area contributed by atoms with Gasteiger partial charge in [-0.05, 0) is 83.3 Å². The van der Waals surface area contributed by atoms with Gasteiger partial charge >= 0.3 is 12.3 Å². The molecular formula is C50H58O6. The van der Waals surface area contributed by atoms with Crippen molar-refractivity contribution in [3.05, 3.63) is 96.1 Å². The van der Waals surface area contributed by atoms with E-state index in [0.717, 1.165) is 79.9 Å². The highest BCUT2D eigenvalue weighted by atomic mass is 16.7. The molecule has 0 aliphatic carbocycles. The van der Waals surface area contributed by atoms with E-state index in [2.05, 4.69) is 62.4 Å². The van der Waals surface area contributed by atoms with Crippen molar-refractivity contribution in [1.82, 2.24) is 0 Å². The molecule has 6 aromatic rings. The van der Waals surface area contributed by atoms with Crippen molar-refractivity contribution < 1.29 is 28.5 Å². The average molecular weight is 755 g/mol. The summed E-state index contributed by atoms with van der Waals surface area (Å²) in [5, 5.41) is 7.23. The molecule has 294 valence electrons. The lowest BCUT2D eigenvalue weighted by Crippen LogP contribution is -2.11. The van der Waals surface area contributed by atoms with Crippen molar-refractivity contribution in [2.45, 2.75) is 118 Å². The van der Waals surface area contributed by atoms with Crippen LogP contribution in [0.5, 0.6) is 11.5 Å². The number of carbonyl (C=O) groups excluding carboxylic acids is 2. The fourth-order valence-electron chi connectivity index (χ4n) is 8.12. The number of unbranched alkanes of at least 4 members (excludes halogenated alkanes) is 10. The Bertz CT molecular complexity index is 2110. The summed E-state index contributed by atoms with van der Waals surface area (Å²) >= 11 is 0. The Labute approximate surface area is 332 Å². The molecule has 0 bridgehead atoms. The molecule has 6 rings (SSSR count). The van der Waals surface area contributed by atoms with Gasteiger partial charge in [0.15, 0.2) is 0 Å². The fraction of sp³-hybridized carbons (Fsp3) is 0.400. The summed E-state index contributed by atoms with van der Waals surface area (Å²) in [6.07, 6.45) is 15.1. The van der Waals surface area contributed by atoms with Crippen LogP contribution in [-0.4, -0.2) is 25.5 Å². The minimum Gasteiger partial charge on any atom is -0.434 e. The zero-order valence-electron chi connectivity index (χ0n) is 33.8. The van der Waals surface area contributed by atoms with E-state index in [1.807, 2.05) is 36.4 Å². The first kappa shape index (κ1) is 40.6. The number of aryl methyl sites for hydroxylation is 2. The minimum atomic E-state index is -0.724. The third-order valence-corrected chi connectivity index (χ3v) is 10.9. The molecular weight excluding hydrogens is 697 g/mol. The van der Waals surface area contributed by atoms with E-state index in [0.29, 0.717) is 11.5 Å². The van der Waals surface area contributed by atoms with Gasteiger partial charge in [0.05, 0.1) is 13.2 Å². The summed E-state index contributed by atoms with van der Waals surface area (Å²) in [5.74, 6) is 0.979. The van der Waals surface area contributed by atoms with Gasteiger partial charge in [0.25, 0.3) is 0 Å². The average Bonchev–Trinajstić information content (AvgIpc) is 3.21. The molecule has 0 spiro atoms. The summed E-state index contributed by atoms with van der Waals surface area (Å²) in [7, 11) is 0. The van der Waals surface area contributed by atoms with Crippen LogP contribution in [0.4, 0.5) is 9.59 Å². The molecule has 56 heavy (non-hydrogen) atoms. The first-order valence-electron chi connectivity index (χ1n) is 21.1. The third-order valence-electron chi connectivity index (χ3n) is 10.9. The van der Waals surface area contributed by atoms with Crippen LogP contribution in [0, 0.1) is 0 Å². The summed E-state index contributed by atoms with van der Waals surface area (Å²) < 4.78 is 22.8. The van der Waals surface area contributed by atoms with Crippen molar-refractivity contribution in [3.8, 4) is 22.6 Å². The molecule has 0 atom stereocenters. The third kappa shape index (κ3) is 9.46. The molecule has 0 aromatic heterocycles. The van der Waals surface area contributed by atoms with Crippen LogP contribution in [0.3, 0.4) is 0 Å². The van der Waals surface area contributed by atoms with E-state index < -0.39 is 12.3 Å². The van der Waals surface area contributed by atoms with Gasteiger partial charge in [-0.1, -0.05) is 163 Å². The second-order valence-electron chi connectivity index (χ2n) is 14.9. The van der Waals surface area contributed by atoms with Gasteiger partial charge < -0.3 is 18.9 Å². The van der Waals surface area contributed by atoms with E-state index in [4.69, 9.17) is 18.9 Å². The zero-order chi connectivity index (χ0) is 39.3. The highest BCUT2D eigenvalue weighted by Crippen LogP contribution is 2.50. The molecule has 6 aromatic carbocycles. The largest absolute Gasteiger partial charge is 0.513 e. The summed E-state index contributed by atoms with van der Waals surface area (Å²) in [5.41, 5.74) is 4.59. The minimum absolute atomic E-state index is 0.217. The van der Waals surface area contributed by atoms with Crippen molar-refractivity contribution in [1.29, 1.82) is 0 Å². The Hall–Kier alpha value is -5.10. The first-order valence-corrected chi connectivity index (χ1v) is 21.1. The van der Waals surface area contributed by atoms with Crippen LogP contribution >= 0.6 is 0 Å². The summed E-state index contributed by atoms with van der Waals surface area (Å²) in [6.45, 7) is 8.49. The Morgan fingerprint density at radius 1 is 0.411 bits per heavy atom. The summed E-state index contributed by atoms with van der Waals surface area (Å²) in [6, 6.07) is 29.5. The Morgan fingerprint density at radius 2 is 0.768 bits per heavy atom. The number of carbonyl (C=O) groups is 2. The molecule has 0 saturated heterocycles. The molecule has 6 heteroatoms. The lowest BCUT2D eigenvalue weighted by atomic mass is 9.84. The van der Waals surface area contributed by atoms with Crippen LogP contribution in [0.2, 0.25) is 0 Å². The molecule has 0 aliphatic heterocycles. The molecule has 0 aliphatic rings. The number of hydrogen-bond acceptors (Lipinski definition) is 6. The maximum absolute atomic E-state index is 13.0. The van der Waals surface area contributed by atoms with Gasteiger partial charge in [0.1, 0.15) is 11.5 Å². The van der Waals surface area contributed by atoms with E-state index in [9.17, 15) is 9.59 Å². The predicted octanol–water partition coefficient (Wildman–Crippen LogP) is 14.8. The lowest BCUT2D eigenvalue weighted by Gasteiger charge is -2.22. The maximum Gasteiger partial charge on any atom is 0.513 e. The van der Waals surface area contributed by atoms with Gasteiger partial charge in [-0.15, -0.1) is 0 Å². The molecule has 0 N–H and O–H groups in total. The number of ether oxygens (including phenoxy) is 4. The predicted molar refractivity (Wildman–Crippen MR) is 231 cm³/mol. The van der Waals surface area contributed by atoms with E-state index in [-0.39, 0.29) is 13.2 Å². The standard InChI is InChI=1S/C50H58O6/c1-5-9-11-13-15-17-23-35-29-31-41-43(33-35)45(37-25-19-21-27-39(37)47(41)55-49(51)53-7-3)46-38-26-20-22-28-40(38)48(56-50(52)54-8-4)42-32-30-36(34-44(42)46)24-18-16-14-12-10-6-2/h19-22,25-34H,5-18,23-24H2,1-4H3. The van der Waals surface area contributed by atoms with Gasteiger partial charge in [-0.3, -0.25) is 0 Å². The van der Waals surface area contributed by atoms with Crippen molar-refractivity contribution in [3.63, 3.8) is 0 Å². The second-order valence-corrected chi connectivity index (χ2v) is 14.9. The normalized spacial score (nSPS) is 11.4. The van der Waals surface area contributed by atoms with Crippen molar-refractivity contribution in [2.24, 2.45) is 0 Å². The monoisotopic (exact) mass is 754 g/mol. The highest BCUT2D eigenvalue weighted by molar-refractivity contribution is 6.27. The van der Waals surface area contributed by atoms with Crippen molar-refractivity contribution in [2.75, 3.05) is 13.2 Å². The van der Waals surface area contributed by atoms with Crippen molar-refractivity contribution >= 4 is 55.4 Å². The number of rotatable bonds is 19. The van der Waals surface area contributed by atoms with Gasteiger partial charge in [0, 0.05) is 21.5 Å². The molecule has 0 saturated carbocycles. The second kappa shape index (κ2) is 20.2. The highest BCUT2D eigenvalue weighted by Gasteiger charge is 2.25. The Morgan fingerprint density at radius 3 is 1.16 bits per heavy atom. The maximum atomic E-state index is 13.0. The Balaban J connectivity index is 1.62. The summed E-state index contributed by atoms with van der Waals surface area (Å²) in [4.78, 5) is 26.0. The molecule has 0 radical (unpaired) electrons. The molecule has 0 amide bonds. The number of fused-ring (bicyclic) bond motifs is 4. The van der Waals surface area contributed by atoms with Gasteiger partial charge in [-0.2, -0.15) is 0 Å². The number of benzene rings is 6. The van der Waals surface area contributed by atoms with Crippen LogP contribution in [-0.2, 0) is 22.3 Å². The van der Waals surface area contributed by atoms with Crippen LogP contribution in [0.25, 0.3) is 54.2 Å². The molecule has 0 fully saturated rings. The lowest BCUT2D eigenvalue weighted by molar-refractivity contribution is 0.104. The van der Waals surface area contributed by atoms with Gasteiger partial charge in [-0.25, -0.2) is 9.59 Å². The first-order chi connectivity index (χ1) is 27.5. The van der Waals surface area contributed by atoms with Crippen LogP contribution < -0.4 is 9.47 Å². The topological polar surface area (TPSA) is 71.1 Å². The quantitative estimate of drug-likeness (QED) is 0.0355. The van der Waals surface area contributed by atoms with Crippen LogP contribution in [0.15, 0.2) is 84.9 Å². The smallest absolute Gasteiger partial charge is 0.434 e. The SMILES string of the molecule is CCCCCCCCc1ccc2c(OC(=O)OCC)c3ccccc3c(-c3c4ccccc4c(OC(=O)OCC)c4ccc(CCCCCCCC)cc34)c2c1. The fourth-order valence-corrected chi connectivity index (χ4v) is 8.12. The Kier molecular flexibility index (Phi) is 14.6. The molecule has 0 unspecified atom stereocenters. The number of hydrogen-bond donors (Lipinski definition) is 0. The van der Waals surface area contributed by atoms with E-state index in [1.165, 1.54) is 75.3 Å². The zero-order valence-corrected chi connectivity index (χ0v) is 33.8. The van der Waals surface area contributed by atoms with Gasteiger partial charge in [0.2, 0.25) is 0 Å². The molecule has 0 heterocycles. The van der Waals surface area contributed by atoms with E-state index >= 15 is 0 Å².